The number of carbonyl (C=O) groups is 2. The van der Waals surface area contributed by atoms with Crippen molar-refractivity contribution < 1.29 is 24.5 Å². The molecule has 2 N–H and O–H groups in total. The van der Waals surface area contributed by atoms with Crippen LogP contribution in [0.1, 0.15) is 32.8 Å². The Bertz CT molecular complexity index is 1050. The zero-order chi connectivity index (χ0) is 20.7. The summed E-state index contributed by atoms with van der Waals surface area (Å²) in [6, 6.07) is 7.67. The second-order valence-electron chi connectivity index (χ2n) is 7.18. The molecule has 2 aliphatic rings. The topological polar surface area (TPSA) is 112 Å². The number of nitrogens with zero attached hydrogens (tertiary/aromatic N) is 3. The zero-order valence-corrected chi connectivity index (χ0v) is 15.9. The van der Waals surface area contributed by atoms with Crippen molar-refractivity contribution in [2.75, 3.05) is 20.2 Å². The minimum absolute atomic E-state index is 0.153. The van der Waals surface area contributed by atoms with Crippen molar-refractivity contribution in [1.82, 2.24) is 14.4 Å². The second kappa shape index (κ2) is 7.25. The average Bonchev–Trinajstić information content (AvgIpc) is 2.71. The summed E-state index contributed by atoms with van der Waals surface area (Å²) in [7, 11) is 1.60. The van der Waals surface area contributed by atoms with Crippen molar-refractivity contribution >= 4 is 11.9 Å². The lowest BCUT2D eigenvalue weighted by atomic mass is 10.1. The van der Waals surface area contributed by atoms with Crippen LogP contribution in [0.15, 0.2) is 35.3 Å². The first kappa shape index (κ1) is 19.0. The molecule has 0 saturated carbocycles. The number of hydrogen-bond acceptors (Lipinski definition) is 6. The molecule has 29 heavy (non-hydrogen) atoms. The largest absolute Gasteiger partial charge is 0.503 e. The van der Waals surface area contributed by atoms with E-state index in [0.29, 0.717) is 13.1 Å². The maximum atomic E-state index is 13.0. The summed E-state index contributed by atoms with van der Waals surface area (Å²) >= 11 is 0. The van der Waals surface area contributed by atoms with Gasteiger partial charge in [-0.2, -0.15) is 0 Å². The number of fused-ring (bicyclic) bond motifs is 2. The predicted octanol–water partition coefficient (Wildman–Crippen LogP) is 0.948. The Morgan fingerprint density at radius 1 is 1.28 bits per heavy atom. The Balaban J connectivity index is 1.70. The molecule has 0 bridgehead atoms. The first-order chi connectivity index (χ1) is 13.9. The Morgan fingerprint density at radius 3 is 2.79 bits per heavy atom. The number of rotatable bonds is 4. The molecule has 152 valence electrons. The molecule has 1 amide bonds. The Morgan fingerprint density at radius 2 is 2.07 bits per heavy atom. The molecular formula is C20H21N3O6. The number of pyridine rings is 1. The third kappa shape index (κ3) is 3.23. The van der Waals surface area contributed by atoms with Crippen molar-refractivity contribution in [1.29, 1.82) is 0 Å². The Hall–Kier alpha value is -3.33. The molecule has 1 atom stereocenters. The van der Waals surface area contributed by atoms with Crippen LogP contribution in [0.4, 0.5) is 0 Å². The lowest BCUT2D eigenvalue weighted by Crippen LogP contribution is -2.60. The second-order valence-corrected chi connectivity index (χ2v) is 7.18. The van der Waals surface area contributed by atoms with Crippen LogP contribution in [-0.2, 0) is 13.1 Å². The standard InChI is InChI=1S/C20H21N3O6/c1-29-13-5-2-4-12(8-13)9-21-6-3-7-23-15(21)11-22-10-14(20(27)28)17(24)18(25)16(22)19(23)26/h2,4-5,8,10,15,25H,3,6-7,9,11H2,1H3,(H,27,28). The summed E-state index contributed by atoms with van der Waals surface area (Å²) < 4.78 is 6.66. The summed E-state index contributed by atoms with van der Waals surface area (Å²) in [4.78, 5) is 40.3. The number of aromatic nitrogens is 1. The third-order valence-corrected chi connectivity index (χ3v) is 5.46. The molecule has 0 radical (unpaired) electrons. The van der Waals surface area contributed by atoms with E-state index in [2.05, 4.69) is 4.90 Å². The van der Waals surface area contributed by atoms with Gasteiger partial charge in [0.25, 0.3) is 5.91 Å². The molecule has 1 aromatic carbocycles. The van der Waals surface area contributed by atoms with Crippen LogP contribution in [0.5, 0.6) is 11.5 Å². The highest BCUT2D eigenvalue weighted by atomic mass is 16.5. The van der Waals surface area contributed by atoms with E-state index in [0.717, 1.165) is 30.5 Å². The van der Waals surface area contributed by atoms with Gasteiger partial charge in [0.15, 0.2) is 11.4 Å². The van der Waals surface area contributed by atoms with E-state index in [1.54, 1.807) is 12.0 Å². The average molecular weight is 399 g/mol. The van der Waals surface area contributed by atoms with Crippen molar-refractivity contribution in [3.8, 4) is 11.5 Å². The molecule has 0 spiro atoms. The number of hydrogen-bond donors (Lipinski definition) is 2. The van der Waals surface area contributed by atoms with Gasteiger partial charge in [0, 0.05) is 25.8 Å². The van der Waals surface area contributed by atoms with Crippen LogP contribution < -0.4 is 10.2 Å². The van der Waals surface area contributed by atoms with E-state index in [-0.39, 0.29) is 18.4 Å². The number of aromatic carboxylic acids is 1. The third-order valence-electron chi connectivity index (χ3n) is 5.46. The van der Waals surface area contributed by atoms with Gasteiger partial charge in [-0.05, 0) is 24.1 Å². The van der Waals surface area contributed by atoms with Crippen LogP contribution in [0.2, 0.25) is 0 Å². The van der Waals surface area contributed by atoms with Gasteiger partial charge in [0.2, 0.25) is 5.43 Å². The van der Waals surface area contributed by atoms with E-state index in [9.17, 15) is 24.6 Å². The number of carboxylic acid groups (broad SMARTS) is 1. The lowest BCUT2D eigenvalue weighted by molar-refractivity contribution is -0.0140. The molecule has 2 aliphatic heterocycles. The normalized spacial score (nSPS) is 18.9. The van der Waals surface area contributed by atoms with Gasteiger partial charge >= 0.3 is 5.97 Å². The Labute approximate surface area is 166 Å². The van der Waals surface area contributed by atoms with Crippen molar-refractivity contribution in [3.63, 3.8) is 0 Å². The quantitative estimate of drug-likeness (QED) is 0.787. The van der Waals surface area contributed by atoms with Gasteiger partial charge in [-0.25, -0.2) is 4.79 Å². The van der Waals surface area contributed by atoms with E-state index in [1.165, 1.54) is 4.57 Å². The molecular weight excluding hydrogens is 378 g/mol. The van der Waals surface area contributed by atoms with Gasteiger partial charge in [-0.3, -0.25) is 14.5 Å². The van der Waals surface area contributed by atoms with Gasteiger partial charge < -0.3 is 24.4 Å². The van der Waals surface area contributed by atoms with Crippen LogP contribution in [0.25, 0.3) is 0 Å². The summed E-state index contributed by atoms with van der Waals surface area (Å²) in [6.07, 6.45) is 1.59. The molecule has 4 rings (SSSR count). The molecule has 0 aliphatic carbocycles. The van der Waals surface area contributed by atoms with E-state index in [1.807, 2.05) is 24.3 Å². The number of carboxylic acids is 1. The summed E-state index contributed by atoms with van der Waals surface area (Å²) in [5.41, 5.74) is -0.721. The minimum Gasteiger partial charge on any atom is -0.503 e. The number of aromatic hydroxyl groups is 1. The highest BCUT2D eigenvalue weighted by Gasteiger charge is 2.40. The Kier molecular flexibility index (Phi) is 4.75. The number of ether oxygens (including phenoxy) is 1. The molecule has 2 aromatic rings. The molecule has 3 heterocycles. The van der Waals surface area contributed by atoms with Gasteiger partial charge in [-0.1, -0.05) is 12.1 Å². The van der Waals surface area contributed by atoms with E-state index >= 15 is 0 Å². The van der Waals surface area contributed by atoms with E-state index < -0.39 is 28.6 Å². The maximum Gasteiger partial charge on any atom is 0.341 e. The van der Waals surface area contributed by atoms with Crippen LogP contribution in [0.3, 0.4) is 0 Å². The monoisotopic (exact) mass is 399 g/mol. The first-order valence-electron chi connectivity index (χ1n) is 9.28. The van der Waals surface area contributed by atoms with Crippen molar-refractivity contribution in [3.05, 3.63) is 57.5 Å². The van der Waals surface area contributed by atoms with Gasteiger partial charge in [0.1, 0.15) is 17.5 Å². The summed E-state index contributed by atoms with van der Waals surface area (Å²) in [5.74, 6) is -1.97. The fourth-order valence-electron chi connectivity index (χ4n) is 4.06. The molecule has 1 unspecified atom stereocenters. The summed E-state index contributed by atoms with van der Waals surface area (Å²) in [5, 5.41) is 19.5. The zero-order valence-electron chi connectivity index (χ0n) is 15.9. The fourth-order valence-corrected chi connectivity index (χ4v) is 4.06. The highest BCUT2D eigenvalue weighted by Crippen LogP contribution is 2.29. The highest BCUT2D eigenvalue weighted by molar-refractivity contribution is 5.97. The predicted molar refractivity (Wildman–Crippen MR) is 102 cm³/mol. The smallest absolute Gasteiger partial charge is 0.341 e. The van der Waals surface area contributed by atoms with Gasteiger partial charge in [0.05, 0.1) is 13.7 Å². The first-order valence-corrected chi connectivity index (χ1v) is 9.28. The molecule has 1 fully saturated rings. The van der Waals surface area contributed by atoms with Crippen LogP contribution >= 0.6 is 0 Å². The minimum atomic E-state index is -1.44. The van der Waals surface area contributed by atoms with Gasteiger partial charge in [-0.15, -0.1) is 0 Å². The maximum absolute atomic E-state index is 13.0. The van der Waals surface area contributed by atoms with E-state index in [4.69, 9.17) is 4.74 Å². The van der Waals surface area contributed by atoms with Crippen molar-refractivity contribution in [2.24, 2.45) is 0 Å². The lowest BCUT2D eigenvalue weighted by Gasteiger charge is -2.47. The number of amides is 1. The summed E-state index contributed by atoms with van der Waals surface area (Å²) in [6.45, 7) is 2.11. The number of benzene rings is 1. The van der Waals surface area contributed by atoms with Crippen LogP contribution in [0, 0.1) is 0 Å². The SMILES string of the molecule is COc1cccc(CN2CCCN3C(=O)c4c(O)c(=O)c(C(=O)O)cn4CC23)c1. The molecule has 9 nitrogen and oxygen atoms in total. The van der Waals surface area contributed by atoms with Crippen LogP contribution in [-0.4, -0.2) is 62.8 Å². The number of carbonyl (C=O) groups excluding carboxylic acids is 1. The molecule has 1 aromatic heterocycles. The molecule has 9 heteroatoms. The fraction of sp³-hybridized carbons (Fsp3) is 0.350. The molecule has 1 saturated heterocycles. The number of methoxy groups -OCH3 is 1. The van der Waals surface area contributed by atoms with Crippen molar-refractivity contribution in [2.45, 2.75) is 25.7 Å².